The number of anilines is 1. The van der Waals surface area contributed by atoms with Crippen LogP contribution in [-0.2, 0) is 4.79 Å². The van der Waals surface area contributed by atoms with Gasteiger partial charge in [0.2, 0.25) is 5.91 Å². The second kappa shape index (κ2) is 9.78. The van der Waals surface area contributed by atoms with E-state index in [9.17, 15) is 4.79 Å². The Morgan fingerprint density at radius 3 is 2.63 bits per heavy atom. The number of nitrogens with zero attached hydrogens (tertiary/aromatic N) is 1. The lowest BCUT2D eigenvalue weighted by Crippen LogP contribution is -2.11. The summed E-state index contributed by atoms with van der Waals surface area (Å²) < 4.78 is 5.16. The van der Waals surface area contributed by atoms with Crippen molar-refractivity contribution in [3.05, 3.63) is 58.9 Å². The minimum atomic E-state index is -0.0117. The maximum Gasteiger partial charge on any atom is 0.226 e. The molecule has 0 aliphatic rings. The van der Waals surface area contributed by atoms with Gasteiger partial charge in [0.15, 0.2) is 5.13 Å². The van der Waals surface area contributed by atoms with Crippen molar-refractivity contribution in [3.8, 4) is 17.0 Å². The van der Waals surface area contributed by atoms with Crippen LogP contribution in [0.4, 0.5) is 5.13 Å². The summed E-state index contributed by atoms with van der Waals surface area (Å²) in [5, 5.41) is 6.17. The van der Waals surface area contributed by atoms with Gasteiger partial charge in [0, 0.05) is 27.3 Å². The van der Waals surface area contributed by atoms with Crippen molar-refractivity contribution >= 4 is 45.7 Å². The van der Waals surface area contributed by atoms with Crippen molar-refractivity contribution in [3.63, 3.8) is 0 Å². The Labute approximate surface area is 171 Å². The van der Waals surface area contributed by atoms with Crippen LogP contribution in [-0.4, -0.2) is 23.8 Å². The first-order valence-corrected chi connectivity index (χ1v) is 10.7. The molecule has 0 saturated heterocycles. The Bertz CT molecular complexity index is 880. The highest BCUT2D eigenvalue weighted by atomic mass is 35.5. The second-order valence-electron chi connectivity index (χ2n) is 5.72. The lowest BCUT2D eigenvalue weighted by molar-refractivity contribution is -0.116. The minimum Gasteiger partial charge on any atom is -0.497 e. The molecule has 0 spiro atoms. The summed E-state index contributed by atoms with van der Waals surface area (Å²) in [6.07, 6.45) is 1.27. The first-order chi connectivity index (χ1) is 13.1. The number of amides is 1. The van der Waals surface area contributed by atoms with Crippen molar-refractivity contribution in [2.24, 2.45) is 0 Å². The molecule has 0 atom stereocenters. The van der Waals surface area contributed by atoms with E-state index in [1.54, 1.807) is 18.9 Å². The number of halogens is 1. The van der Waals surface area contributed by atoms with Crippen molar-refractivity contribution in [2.45, 2.75) is 17.7 Å². The number of aromatic nitrogens is 1. The summed E-state index contributed by atoms with van der Waals surface area (Å²) in [5.41, 5.74) is 1.84. The lowest BCUT2D eigenvalue weighted by Gasteiger charge is -2.03. The van der Waals surface area contributed by atoms with E-state index in [0.717, 1.165) is 39.1 Å². The van der Waals surface area contributed by atoms with E-state index in [1.807, 2.05) is 53.9 Å². The number of ether oxygens (including phenoxy) is 1. The molecule has 0 unspecified atom stereocenters. The Balaban J connectivity index is 1.44. The zero-order valence-corrected chi connectivity index (χ0v) is 17.2. The van der Waals surface area contributed by atoms with Gasteiger partial charge in [0.1, 0.15) is 5.75 Å². The maximum absolute atomic E-state index is 12.1. The van der Waals surface area contributed by atoms with Crippen LogP contribution in [0.3, 0.4) is 0 Å². The number of methoxy groups -OCH3 is 1. The molecule has 3 aromatic rings. The fraction of sp³-hybridized carbons (Fsp3) is 0.200. The van der Waals surface area contributed by atoms with Crippen LogP contribution in [0.2, 0.25) is 5.02 Å². The molecule has 3 rings (SSSR count). The van der Waals surface area contributed by atoms with Crippen LogP contribution < -0.4 is 10.1 Å². The lowest BCUT2D eigenvalue weighted by atomic mass is 10.2. The number of hydrogen-bond donors (Lipinski definition) is 1. The zero-order chi connectivity index (χ0) is 19.1. The number of carbonyl (C=O) groups is 1. The summed E-state index contributed by atoms with van der Waals surface area (Å²) in [7, 11) is 1.64. The monoisotopic (exact) mass is 418 g/mol. The van der Waals surface area contributed by atoms with Gasteiger partial charge in [-0.2, -0.15) is 0 Å². The van der Waals surface area contributed by atoms with E-state index in [2.05, 4.69) is 10.3 Å². The molecule has 1 amide bonds. The smallest absolute Gasteiger partial charge is 0.226 e. The van der Waals surface area contributed by atoms with Gasteiger partial charge in [-0.25, -0.2) is 4.98 Å². The third kappa shape index (κ3) is 5.99. The van der Waals surface area contributed by atoms with Crippen molar-refractivity contribution in [1.82, 2.24) is 4.98 Å². The van der Waals surface area contributed by atoms with Gasteiger partial charge < -0.3 is 10.1 Å². The molecule has 140 valence electrons. The first-order valence-electron chi connectivity index (χ1n) is 8.42. The molecule has 1 aromatic heterocycles. The maximum atomic E-state index is 12.1. The van der Waals surface area contributed by atoms with Crippen molar-refractivity contribution in [1.29, 1.82) is 0 Å². The highest BCUT2D eigenvalue weighted by Gasteiger charge is 2.08. The van der Waals surface area contributed by atoms with Gasteiger partial charge in [-0.1, -0.05) is 11.6 Å². The molecule has 0 aliphatic carbocycles. The molecule has 0 fully saturated rings. The van der Waals surface area contributed by atoms with E-state index in [0.29, 0.717) is 11.6 Å². The Kier molecular flexibility index (Phi) is 7.15. The predicted octanol–water partition coefficient (Wildman–Crippen LogP) is 5.98. The average molecular weight is 419 g/mol. The molecule has 0 saturated carbocycles. The molecule has 7 heteroatoms. The zero-order valence-electron chi connectivity index (χ0n) is 14.8. The summed E-state index contributed by atoms with van der Waals surface area (Å²) >= 11 is 9.02. The van der Waals surface area contributed by atoms with Crippen molar-refractivity contribution < 1.29 is 9.53 Å². The Morgan fingerprint density at radius 2 is 1.93 bits per heavy atom. The fourth-order valence-corrected chi connectivity index (χ4v) is 4.08. The molecular formula is C20H19ClN2O2S2. The SMILES string of the molecule is COc1ccc(-c2csc(NC(=O)CCCSc3ccc(Cl)cc3)n2)cc1. The van der Waals surface area contributed by atoms with Crippen LogP contribution in [0.15, 0.2) is 58.8 Å². The largest absolute Gasteiger partial charge is 0.497 e. The topological polar surface area (TPSA) is 51.2 Å². The van der Waals surface area contributed by atoms with Crippen LogP contribution in [0.1, 0.15) is 12.8 Å². The van der Waals surface area contributed by atoms with Crippen LogP contribution in [0, 0.1) is 0 Å². The number of hydrogen-bond acceptors (Lipinski definition) is 5. The van der Waals surface area contributed by atoms with E-state index in [4.69, 9.17) is 16.3 Å². The third-order valence-electron chi connectivity index (χ3n) is 3.77. The van der Waals surface area contributed by atoms with Gasteiger partial charge in [0.25, 0.3) is 0 Å². The highest BCUT2D eigenvalue weighted by molar-refractivity contribution is 7.99. The molecule has 0 radical (unpaired) electrons. The minimum absolute atomic E-state index is 0.0117. The number of thiazole rings is 1. The first kappa shape index (κ1) is 19.7. The van der Waals surface area contributed by atoms with E-state index < -0.39 is 0 Å². The van der Waals surface area contributed by atoms with Gasteiger partial charge in [-0.3, -0.25) is 4.79 Å². The fourth-order valence-electron chi connectivity index (χ4n) is 2.36. The molecule has 0 bridgehead atoms. The number of thioether (sulfide) groups is 1. The predicted molar refractivity (Wildman–Crippen MR) is 114 cm³/mol. The molecule has 4 nitrogen and oxygen atoms in total. The Hall–Kier alpha value is -2.02. The van der Waals surface area contributed by atoms with E-state index >= 15 is 0 Å². The van der Waals surface area contributed by atoms with E-state index in [1.165, 1.54) is 11.3 Å². The normalized spacial score (nSPS) is 10.6. The number of rotatable bonds is 8. The number of nitrogens with one attached hydrogen (secondary N) is 1. The summed E-state index contributed by atoms with van der Waals surface area (Å²) in [5.74, 6) is 1.67. The molecule has 0 aliphatic heterocycles. The van der Waals surface area contributed by atoms with Gasteiger partial charge in [-0.05, 0) is 60.7 Å². The quantitative estimate of drug-likeness (QED) is 0.361. The van der Waals surface area contributed by atoms with Gasteiger partial charge in [-0.15, -0.1) is 23.1 Å². The highest BCUT2D eigenvalue weighted by Crippen LogP contribution is 2.27. The molecular weight excluding hydrogens is 400 g/mol. The van der Waals surface area contributed by atoms with Gasteiger partial charge >= 0.3 is 0 Å². The molecule has 1 N–H and O–H groups in total. The van der Waals surface area contributed by atoms with Crippen LogP contribution in [0.25, 0.3) is 11.3 Å². The second-order valence-corrected chi connectivity index (χ2v) is 8.18. The molecule has 2 aromatic carbocycles. The van der Waals surface area contributed by atoms with Crippen LogP contribution >= 0.6 is 34.7 Å². The third-order valence-corrected chi connectivity index (χ3v) is 5.87. The molecule has 1 heterocycles. The average Bonchev–Trinajstić information content (AvgIpc) is 3.15. The van der Waals surface area contributed by atoms with E-state index in [-0.39, 0.29) is 5.91 Å². The standard InChI is InChI=1S/C20H19ClN2O2S2/c1-25-16-8-4-14(5-9-16)18-13-27-20(22-18)23-19(24)3-2-12-26-17-10-6-15(21)7-11-17/h4-11,13H,2-3,12H2,1H3,(H,22,23,24). The number of carbonyl (C=O) groups excluding carboxylic acids is 1. The van der Waals surface area contributed by atoms with Gasteiger partial charge in [0.05, 0.1) is 12.8 Å². The Morgan fingerprint density at radius 1 is 1.19 bits per heavy atom. The summed E-state index contributed by atoms with van der Waals surface area (Å²) in [6, 6.07) is 15.4. The molecule has 27 heavy (non-hydrogen) atoms. The summed E-state index contributed by atoms with van der Waals surface area (Å²) in [6.45, 7) is 0. The summed E-state index contributed by atoms with van der Waals surface area (Å²) in [4.78, 5) is 17.8. The van der Waals surface area contributed by atoms with Crippen LogP contribution in [0.5, 0.6) is 5.75 Å². The number of benzene rings is 2. The van der Waals surface area contributed by atoms with Crippen molar-refractivity contribution in [2.75, 3.05) is 18.2 Å².